The first-order valence-corrected chi connectivity index (χ1v) is 6.27. The molecular formula is C13H19ClN2O2. The Morgan fingerprint density at radius 3 is 2.83 bits per heavy atom. The van der Waals surface area contributed by atoms with Crippen LogP contribution in [0.1, 0.15) is 12.0 Å². The van der Waals surface area contributed by atoms with Crippen molar-refractivity contribution in [2.24, 2.45) is 0 Å². The Balaban J connectivity index is 2.26. The maximum Gasteiger partial charge on any atom is 0.221 e. The quantitative estimate of drug-likeness (QED) is 0.747. The minimum absolute atomic E-state index is 0.0196. The average Bonchev–Trinajstić information content (AvgIpc) is 2.32. The van der Waals surface area contributed by atoms with Gasteiger partial charge in [-0.1, -0.05) is 11.6 Å². The summed E-state index contributed by atoms with van der Waals surface area (Å²) < 4.78 is 4.85. The molecule has 5 heteroatoms. The number of amides is 1. The zero-order valence-corrected chi connectivity index (χ0v) is 11.5. The molecule has 0 radical (unpaired) electrons. The van der Waals surface area contributed by atoms with E-state index in [9.17, 15) is 4.79 Å². The van der Waals surface area contributed by atoms with Crippen molar-refractivity contribution >= 4 is 23.2 Å². The number of methoxy groups -OCH3 is 1. The van der Waals surface area contributed by atoms with Crippen molar-refractivity contribution in [2.45, 2.75) is 13.3 Å². The lowest BCUT2D eigenvalue weighted by atomic mass is 10.2. The van der Waals surface area contributed by atoms with E-state index in [0.29, 0.717) is 26.1 Å². The maximum absolute atomic E-state index is 11.4. The summed E-state index contributed by atoms with van der Waals surface area (Å²) in [6.07, 6.45) is 0.436. The Labute approximate surface area is 113 Å². The van der Waals surface area contributed by atoms with Gasteiger partial charge in [0.2, 0.25) is 5.91 Å². The van der Waals surface area contributed by atoms with E-state index in [1.54, 1.807) is 7.11 Å². The second kappa shape index (κ2) is 7.95. The highest BCUT2D eigenvalue weighted by Gasteiger charge is 2.02. The number of benzene rings is 1. The smallest absolute Gasteiger partial charge is 0.221 e. The number of hydrogen-bond acceptors (Lipinski definition) is 3. The van der Waals surface area contributed by atoms with Gasteiger partial charge < -0.3 is 15.4 Å². The first kappa shape index (κ1) is 14.8. The van der Waals surface area contributed by atoms with Crippen molar-refractivity contribution in [3.63, 3.8) is 0 Å². The number of carbonyl (C=O) groups excluding carboxylic acids is 1. The predicted molar refractivity (Wildman–Crippen MR) is 74.2 cm³/mol. The van der Waals surface area contributed by atoms with Gasteiger partial charge in [-0.15, -0.1) is 0 Å². The summed E-state index contributed by atoms with van der Waals surface area (Å²) in [7, 11) is 1.61. The minimum Gasteiger partial charge on any atom is -0.384 e. The van der Waals surface area contributed by atoms with Crippen LogP contribution in [0.2, 0.25) is 5.02 Å². The van der Waals surface area contributed by atoms with E-state index in [1.807, 2.05) is 25.1 Å². The van der Waals surface area contributed by atoms with E-state index >= 15 is 0 Å². The zero-order chi connectivity index (χ0) is 13.4. The number of halogens is 1. The van der Waals surface area contributed by atoms with Gasteiger partial charge in [0.15, 0.2) is 0 Å². The molecule has 1 aromatic rings. The number of aryl methyl sites for hydroxylation is 1. The highest BCUT2D eigenvalue weighted by atomic mass is 35.5. The lowest BCUT2D eigenvalue weighted by Crippen LogP contribution is -2.28. The van der Waals surface area contributed by atoms with Crippen LogP contribution in [0, 0.1) is 6.92 Å². The summed E-state index contributed by atoms with van der Waals surface area (Å²) >= 11 is 5.87. The van der Waals surface area contributed by atoms with Crippen LogP contribution in [0.25, 0.3) is 0 Å². The highest BCUT2D eigenvalue weighted by Crippen LogP contribution is 2.19. The SMILES string of the molecule is COCCNC(=O)CCNc1ccc(Cl)cc1C. The van der Waals surface area contributed by atoms with Crippen LogP contribution < -0.4 is 10.6 Å². The van der Waals surface area contributed by atoms with Gasteiger partial charge in [0, 0.05) is 37.3 Å². The number of hydrogen-bond donors (Lipinski definition) is 2. The molecular weight excluding hydrogens is 252 g/mol. The Bertz CT molecular complexity index is 397. The van der Waals surface area contributed by atoms with Gasteiger partial charge in [0.1, 0.15) is 0 Å². The zero-order valence-electron chi connectivity index (χ0n) is 10.8. The molecule has 0 aliphatic carbocycles. The Hall–Kier alpha value is -1.26. The van der Waals surface area contributed by atoms with Crippen molar-refractivity contribution in [1.29, 1.82) is 0 Å². The maximum atomic E-state index is 11.4. The summed E-state index contributed by atoms with van der Waals surface area (Å²) in [5.74, 6) is 0.0196. The fraction of sp³-hybridized carbons (Fsp3) is 0.462. The van der Waals surface area contributed by atoms with Gasteiger partial charge in [-0.3, -0.25) is 4.79 Å². The Morgan fingerprint density at radius 1 is 1.39 bits per heavy atom. The lowest BCUT2D eigenvalue weighted by molar-refractivity contribution is -0.121. The molecule has 1 amide bonds. The van der Waals surface area contributed by atoms with Gasteiger partial charge in [-0.25, -0.2) is 0 Å². The van der Waals surface area contributed by atoms with E-state index < -0.39 is 0 Å². The largest absolute Gasteiger partial charge is 0.384 e. The van der Waals surface area contributed by atoms with Crippen LogP contribution in [0.3, 0.4) is 0 Å². The molecule has 1 aromatic carbocycles. The number of carbonyl (C=O) groups is 1. The van der Waals surface area contributed by atoms with E-state index in [4.69, 9.17) is 16.3 Å². The van der Waals surface area contributed by atoms with Crippen molar-refractivity contribution in [1.82, 2.24) is 5.32 Å². The molecule has 100 valence electrons. The molecule has 0 saturated heterocycles. The van der Waals surface area contributed by atoms with E-state index in [-0.39, 0.29) is 5.91 Å². The molecule has 0 aliphatic heterocycles. The van der Waals surface area contributed by atoms with Gasteiger partial charge in [-0.2, -0.15) is 0 Å². The second-order valence-electron chi connectivity index (χ2n) is 3.98. The summed E-state index contributed by atoms with van der Waals surface area (Å²) in [5, 5.41) is 6.70. The number of anilines is 1. The molecule has 0 saturated carbocycles. The molecule has 1 rings (SSSR count). The number of ether oxygens (including phenoxy) is 1. The fourth-order valence-corrected chi connectivity index (χ4v) is 1.74. The minimum atomic E-state index is 0.0196. The molecule has 0 unspecified atom stereocenters. The molecule has 0 aliphatic rings. The van der Waals surface area contributed by atoms with Crippen LogP contribution in [0.5, 0.6) is 0 Å². The second-order valence-corrected chi connectivity index (χ2v) is 4.42. The van der Waals surface area contributed by atoms with Crippen LogP contribution in [-0.2, 0) is 9.53 Å². The molecule has 18 heavy (non-hydrogen) atoms. The van der Waals surface area contributed by atoms with Crippen molar-refractivity contribution < 1.29 is 9.53 Å². The van der Waals surface area contributed by atoms with E-state index in [1.165, 1.54) is 0 Å². The first-order valence-electron chi connectivity index (χ1n) is 5.89. The number of nitrogens with one attached hydrogen (secondary N) is 2. The van der Waals surface area contributed by atoms with Crippen LogP contribution in [0.4, 0.5) is 5.69 Å². The summed E-state index contributed by atoms with van der Waals surface area (Å²) in [6.45, 7) is 3.67. The molecule has 0 spiro atoms. The third-order valence-electron chi connectivity index (χ3n) is 2.48. The van der Waals surface area contributed by atoms with Crippen LogP contribution >= 0.6 is 11.6 Å². The standard InChI is InChI=1S/C13H19ClN2O2/c1-10-9-11(14)3-4-12(10)15-6-5-13(17)16-7-8-18-2/h3-4,9,15H,5-8H2,1-2H3,(H,16,17). The van der Waals surface area contributed by atoms with E-state index in [0.717, 1.165) is 16.3 Å². The van der Waals surface area contributed by atoms with Gasteiger partial charge in [0.05, 0.1) is 6.61 Å². The molecule has 0 bridgehead atoms. The fourth-order valence-electron chi connectivity index (χ4n) is 1.52. The lowest BCUT2D eigenvalue weighted by Gasteiger charge is -2.10. The predicted octanol–water partition coefficient (Wildman–Crippen LogP) is 2.21. The van der Waals surface area contributed by atoms with Crippen molar-refractivity contribution in [3.8, 4) is 0 Å². The Morgan fingerprint density at radius 2 is 2.17 bits per heavy atom. The molecule has 0 atom stereocenters. The van der Waals surface area contributed by atoms with Gasteiger partial charge >= 0.3 is 0 Å². The first-order chi connectivity index (χ1) is 8.63. The van der Waals surface area contributed by atoms with Crippen molar-refractivity contribution in [2.75, 3.05) is 32.1 Å². The third-order valence-corrected chi connectivity index (χ3v) is 2.72. The molecule has 4 nitrogen and oxygen atoms in total. The highest BCUT2D eigenvalue weighted by molar-refractivity contribution is 6.30. The average molecular weight is 271 g/mol. The monoisotopic (exact) mass is 270 g/mol. The number of rotatable bonds is 7. The third kappa shape index (κ3) is 5.38. The normalized spacial score (nSPS) is 10.2. The summed E-state index contributed by atoms with van der Waals surface area (Å²) in [6, 6.07) is 5.64. The molecule has 2 N–H and O–H groups in total. The molecule has 0 aromatic heterocycles. The molecule has 0 heterocycles. The van der Waals surface area contributed by atoms with Crippen LogP contribution in [0.15, 0.2) is 18.2 Å². The van der Waals surface area contributed by atoms with Gasteiger partial charge in [-0.05, 0) is 30.7 Å². The summed E-state index contributed by atoms with van der Waals surface area (Å²) in [5.41, 5.74) is 2.08. The van der Waals surface area contributed by atoms with Crippen molar-refractivity contribution in [3.05, 3.63) is 28.8 Å². The van der Waals surface area contributed by atoms with Crippen LogP contribution in [-0.4, -0.2) is 32.7 Å². The van der Waals surface area contributed by atoms with E-state index in [2.05, 4.69) is 10.6 Å². The Kier molecular flexibility index (Phi) is 6.54. The summed E-state index contributed by atoms with van der Waals surface area (Å²) in [4.78, 5) is 11.4. The topological polar surface area (TPSA) is 50.4 Å². The van der Waals surface area contributed by atoms with Gasteiger partial charge in [0.25, 0.3) is 0 Å². The molecule has 0 fully saturated rings.